The molecule has 0 radical (unpaired) electrons. The molecule has 2 aromatic carbocycles. The molecule has 0 aromatic heterocycles. The quantitative estimate of drug-likeness (QED) is 0.597. The maximum Gasteiger partial charge on any atom is 0.216 e. The summed E-state index contributed by atoms with van der Waals surface area (Å²) in [6.45, 7) is 0.506. The molecule has 1 aliphatic rings. The van der Waals surface area contributed by atoms with Gasteiger partial charge >= 0.3 is 0 Å². The van der Waals surface area contributed by atoms with Crippen LogP contribution in [0.25, 0.3) is 0 Å². The molecular weight excluding hydrogens is 296 g/mol. The first kappa shape index (κ1) is 16.3. The first-order valence-corrected chi connectivity index (χ1v) is 8.60. The van der Waals surface area contributed by atoms with E-state index in [0.717, 1.165) is 24.0 Å². The Morgan fingerprint density at radius 3 is 2.38 bits per heavy atom. The van der Waals surface area contributed by atoms with Crippen molar-refractivity contribution in [3.63, 3.8) is 0 Å². The first-order chi connectivity index (χ1) is 11.8. The van der Waals surface area contributed by atoms with Crippen molar-refractivity contribution in [2.24, 2.45) is 4.99 Å². The number of nitriles is 1. The number of hydrogen-bond donors (Lipinski definition) is 0. The Kier molecular flexibility index (Phi) is 5.63. The van der Waals surface area contributed by atoms with Gasteiger partial charge < -0.3 is 4.74 Å². The lowest BCUT2D eigenvalue weighted by Gasteiger charge is -2.19. The van der Waals surface area contributed by atoms with Crippen molar-refractivity contribution >= 4 is 5.90 Å². The van der Waals surface area contributed by atoms with Gasteiger partial charge in [-0.2, -0.15) is 5.26 Å². The molecule has 0 amide bonds. The number of rotatable bonds is 4. The monoisotopic (exact) mass is 318 g/mol. The molecule has 2 aromatic rings. The summed E-state index contributed by atoms with van der Waals surface area (Å²) in [4.78, 5) is 4.89. The second-order valence-electron chi connectivity index (χ2n) is 6.19. The predicted molar refractivity (Wildman–Crippen MR) is 95.8 cm³/mol. The van der Waals surface area contributed by atoms with Gasteiger partial charge in [-0.15, -0.1) is 0 Å². The third kappa shape index (κ3) is 4.45. The maximum absolute atomic E-state index is 8.97. The molecule has 3 nitrogen and oxygen atoms in total. The third-order valence-electron chi connectivity index (χ3n) is 4.35. The highest BCUT2D eigenvalue weighted by molar-refractivity contribution is 5.94. The summed E-state index contributed by atoms with van der Waals surface area (Å²) < 4.78 is 6.06. The Bertz CT molecular complexity index is 708. The standard InChI is InChI=1S/C21H22N2O/c22-15-17-11-13-19(14-12-17)21(23-20-9-5-2-6-10-20)24-16-18-7-3-1-4-8-18/h1,3-4,7-8,11-14,20H,2,5-6,9-10,16H2. The van der Waals surface area contributed by atoms with E-state index in [-0.39, 0.29) is 0 Å². The van der Waals surface area contributed by atoms with Crippen molar-refractivity contribution in [2.45, 2.75) is 44.8 Å². The number of nitrogens with zero attached hydrogens (tertiary/aromatic N) is 2. The molecule has 122 valence electrons. The average Bonchev–Trinajstić information content (AvgIpc) is 2.67. The number of benzene rings is 2. The van der Waals surface area contributed by atoms with Gasteiger partial charge in [-0.25, -0.2) is 4.99 Å². The van der Waals surface area contributed by atoms with Crippen LogP contribution in [0.1, 0.15) is 48.8 Å². The van der Waals surface area contributed by atoms with Crippen molar-refractivity contribution in [3.8, 4) is 6.07 Å². The van der Waals surface area contributed by atoms with Gasteiger partial charge in [0.05, 0.1) is 17.7 Å². The highest BCUT2D eigenvalue weighted by Crippen LogP contribution is 2.22. The van der Waals surface area contributed by atoms with Crippen LogP contribution in [0.3, 0.4) is 0 Å². The zero-order valence-corrected chi connectivity index (χ0v) is 13.8. The lowest BCUT2D eigenvalue weighted by Crippen LogP contribution is -2.16. The van der Waals surface area contributed by atoms with Crippen LogP contribution >= 0.6 is 0 Å². The maximum atomic E-state index is 8.97. The van der Waals surface area contributed by atoms with Crippen LogP contribution in [-0.4, -0.2) is 11.9 Å². The van der Waals surface area contributed by atoms with E-state index in [9.17, 15) is 0 Å². The topological polar surface area (TPSA) is 45.4 Å². The van der Waals surface area contributed by atoms with E-state index in [0.29, 0.717) is 24.1 Å². The van der Waals surface area contributed by atoms with E-state index in [1.807, 2.05) is 42.5 Å². The highest BCUT2D eigenvalue weighted by atomic mass is 16.5. The largest absolute Gasteiger partial charge is 0.473 e. The van der Waals surface area contributed by atoms with Gasteiger partial charge in [-0.3, -0.25) is 0 Å². The zero-order valence-electron chi connectivity index (χ0n) is 13.8. The van der Waals surface area contributed by atoms with Crippen LogP contribution in [0.2, 0.25) is 0 Å². The number of aliphatic imine (C=N–C) groups is 1. The fourth-order valence-electron chi connectivity index (χ4n) is 2.98. The molecule has 0 heterocycles. The first-order valence-electron chi connectivity index (χ1n) is 8.60. The minimum Gasteiger partial charge on any atom is -0.473 e. The summed E-state index contributed by atoms with van der Waals surface area (Å²) in [5.41, 5.74) is 2.72. The average molecular weight is 318 g/mol. The molecule has 1 aliphatic carbocycles. The molecule has 24 heavy (non-hydrogen) atoms. The van der Waals surface area contributed by atoms with Crippen LogP contribution in [0.15, 0.2) is 59.6 Å². The molecule has 0 bridgehead atoms. The Morgan fingerprint density at radius 1 is 1.00 bits per heavy atom. The summed E-state index contributed by atoms with van der Waals surface area (Å²) in [6.07, 6.45) is 6.06. The van der Waals surface area contributed by atoms with E-state index >= 15 is 0 Å². The predicted octanol–water partition coefficient (Wildman–Crippen LogP) is 4.85. The van der Waals surface area contributed by atoms with E-state index < -0.39 is 0 Å². The van der Waals surface area contributed by atoms with Gasteiger partial charge in [-0.1, -0.05) is 49.6 Å². The van der Waals surface area contributed by atoms with Crippen LogP contribution in [0.4, 0.5) is 0 Å². The molecule has 3 rings (SSSR count). The smallest absolute Gasteiger partial charge is 0.216 e. The van der Waals surface area contributed by atoms with E-state index in [1.165, 1.54) is 19.3 Å². The van der Waals surface area contributed by atoms with Crippen molar-refractivity contribution in [1.29, 1.82) is 5.26 Å². The van der Waals surface area contributed by atoms with Crippen molar-refractivity contribution in [3.05, 3.63) is 71.3 Å². The fraction of sp³-hybridized carbons (Fsp3) is 0.333. The van der Waals surface area contributed by atoms with Gasteiger partial charge in [0.2, 0.25) is 5.90 Å². The van der Waals surface area contributed by atoms with Crippen molar-refractivity contribution < 1.29 is 4.74 Å². The minimum absolute atomic E-state index is 0.347. The SMILES string of the molecule is N#Cc1ccc(C(=NC2CCCCC2)OCc2ccccc2)cc1. The molecule has 1 saturated carbocycles. The molecule has 0 atom stereocenters. The van der Waals surface area contributed by atoms with Gasteiger partial charge in [-0.05, 0) is 42.7 Å². The highest BCUT2D eigenvalue weighted by Gasteiger charge is 2.15. The molecule has 0 saturated heterocycles. The summed E-state index contributed by atoms with van der Waals surface area (Å²) in [5.74, 6) is 0.690. The van der Waals surface area contributed by atoms with Gasteiger partial charge in [0.1, 0.15) is 6.61 Å². The lowest BCUT2D eigenvalue weighted by atomic mass is 9.96. The normalized spacial score (nSPS) is 15.7. The second kappa shape index (κ2) is 8.31. The molecular formula is C21H22N2O. The van der Waals surface area contributed by atoms with Gasteiger partial charge in [0, 0.05) is 5.56 Å². The number of ether oxygens (including phenoxy) is 1. The van der Waals surface area contributed by atoms with E-state index in [2.05, 4.69) is 18.2 Å². The molecule has 1 fully saturated rings. The molecule has 0 N–H and O–H groups in total. The van der Waals surface area contributed by atoms with Crippen LogP contribution in [0, 0.1) is 11.3 Å². The fourth-order valence-corrected chi connectivity index (χ4v) is 2.98. The summed E-state index contributed by atoms with van der Waals surface area (Å²) in [6, 6.07) is 20.1. The Morgan fingerprint density at radius 2 is 1.71 bits per heavy atom. The lowest BCUT2D eigenvalue weighted by molar-refractivity contribution is 0.288. The zero-order chi connectivity index (χ0) is 16.6. The molecule has 3 heteroatoms. The van der Waals surface area contributed by atoms with Crippen LogP contribution in [-0.2, 0) is 11.3 Å². The summed E-state index contributed by atoms with van der Waals surface area (Å²) >= 11 is 0. The van der Waals surface area contributed by atoms with Gasteiger partial charge in [0.25, 0.3) is 0 Å². The summed E-state index contributed by atoms with van der Waals surface area (Å²) in [5, 5.41) is 8.97. The Labute approximate surface area is 143 Å². The summed E-state index contributed by atoms with van der Waals surface area (Å²) in [7, 11) is 0. The third-order valence-corrected chi connectivity index (χ3v) is 4.35. The molecule has 0 aliphatic heterocycles. The molecule has 0 unspecified atom stereocenters. The van der Waals surface area contributed by atoms with Crippen LogP contribution < -0.4 is 0 Å². The van der Waals surface area contributed by atoms with Gasteiger partial charge in [0.15, 0.2) is 0 Å². The Hall–Kier alpha value is -2.60. The second-order valence-corrected chi connectivity index (χ2v) is 6.19. The molecule has 0 spiro atoms. The van der Waals surface area contributed by atoms with E-state index in [4.69, 9.17) is 15.0 Å². The van der Waals surface area contributed by atoms with Crippen molar-refractivity contribution in [1.82, 2.24) is 0 Å². The van der Waals surface area contributed by atoms with Crippen LogP contribution in [0.5, 0.6) is 0 Å². The minimum atomic E-state index is 0.347. The van der Waals surface area contributed by atoms with Crippen molar-refractivity contribution in [2.75, 3.05) is 0 Å². The number of hydrogen-bond acceptors (Lipinski definition) is 3. The van der Waals surface area contributed by atoms with E-state index in [1.54, 1.807) is 0 Å². The Balaban J connectivity index is 1.79.